The topological polar surface area (TPSA) is 97.2 Å². The molecule has 0 saturated heterocycles. The third kappa shape index (κ3) is 13.8. The van der Waals surface area contributed by atoms with E-state index in [1.165, 1.54) is 7.05 Å². The molecular formula is C24H43N3O3. The molecule has 0 atom stereocenters. The molecule has 1 aromatic heterocycles. The molecule has 6 nitrogen and oxygen atoms in total. The lowest BCUT2D eigenvalue weighted by atomic mass is 9.88. The molecule has 0 aliphatic rings. The molecule has 6 heteroatoms. The van der Waals surface area contributed by atoms with E-state index in [1.807, 2.05) is 65.0 Å². The van der Waals surface area contributed by atoms with E-state index in [-0.39, 0.29) is 11.5 Å². The Morgan fingerprint density at radius 2 is 1.70 bits per heavy atom. The quantitative estimate of drug-likeness (QED) is 0.522. The van der Waals surface area contributed by atoms with Crippen LogP contribution in [0.25, 0.3) is 10.9 Å². The summed E-state index contributed by atoms with van der Waals surface area (Å²) in [5.74, 6) is 0. The molecule has 0 spiro atoms. The number of aldehydes is 1. The number of benzene rings is 1. The van der Waals surface area contributed by atoms with Crippen molar-refractivity contribution < 1.29 is 14.3 Å². The Kier molecular flexibility index (Phi) is 15.4. The molecule has 1 amide bonds. The van der Waals surface area contributed by atoms with Crippen LogP contribution >= 0.6 is 0 Å². The van der Waals surface area contributed by atoms with Gasteiger partial charge in [-0.05, 0) is 51.8 Å². The zero-order valence-corrected chi connectivity index (χ0v) is 20.4. The molecule has 4 N–H and O–H groups in total. The second-order valence-electron chi connectivity index (χ2n) is 8.20. The number of ether oxygens (including phenoxy) is 1. The number of aromatic amines is 1. The minimum atomic E-state index is -0.418. The second-order valence-corrected chi connectivity index (χ2v) is 8.20. The Balaban J connectivity index is 0. The fourth-order valence-electron chi connectivity index (χ4n) is 2.55. The van der Waals surface area contributed by atoms with Crippen LogP contribution in [-0.4, -0.2) is 36.6 Å². The smallest absolute Gasteiger partial charge is 0.407 e. The van der Waals surface area contributed by atoms with Crippen LogP contribution in [0, 0.1) is 5.41 Å². The van der Waals surface area contributed by atoms with Crippen LogP contribution in [0.15, 0.2) is 30.3 Å². The highest BCUT2D eigenvalue weighted by Gasteiger charge is 2.20. The van der Waals surface area contributed by atoms with Crippen LogP contribution in [0.2, 0.25) is 0 Å². The lowest BCUT2D eigenvalue weighted by Crippen LogP contribution is -2.37. The van der Waals surface area contributed by atoms with Crippen LogP contribution in [0.3, 0.4) is 0 Å². The van der Waals surface area contributed by atoms with Gasteiger partial charge in [-0.2, -0.15) is 0 Å². The van der Waals surface area contributed by atoms with Gasteiger partial charge >= 0.3 is 6.09 Å². The number of hydrogen-bond acceptors (Lipinski definition) is 4. The molecule has 0 fully saturated rings. The van der Waals surface area contributed by atoms with E-state index >= 15 is 0 Å². The number of nitrogens with two attached hydrogens (primary N) is 1. The third-order valence-corrected chi connectivity index (χ3v) is 3.71. The summed E-state index contributed by atoms with van der Waals surface area (Å²) in [4.78, 5) is 24.7. The summed E-state index contributed by atoms with van der Waals surface area (Å²) in [6.07, 6.45) is 2.72. The molecule has 0 bridgehead atoms. The summed E-state index contributed by atoms with van der Waals surface area (Å²) in [7, 11) is 1.50. The van der Waals surface area contributed by atoms with Crippen LogP contribution < -0.4 is 11.1 Å². The summed E-state index contributed by atoms with van der Waals surface area (Å²) in [5.41, 5.74) is 5.87. The molecule has 2 aromatic rings. The van der Waals surface area contributed by atoms with Gasteiger partial charge in [0.15, 0.2) is 6.29 Å². The van der Waals surface area contributed by atoms with Gasteiger partial charge in [-0.1, -0.05) is 59.2 Å². The number of fused-ring (bicyclic) bond motifs is 1. The molecule has 1 heterocycles. The molecule has 30 heavy (non-hydrogen) atoms. The number of nitrogens with one attached hydrogen (secondary N) is 2. The predicted molar refractivity (Wildman–Crippen MR) is 128 cm³/mol. The number of carbonyl (C=O) groups is 2. The van der Waals surface area contributed by atoms with E-state index < -0.39 is 5.60 Å². The first-order chi connectivity index (χ1) is 14.1. The van der Waals surface area contributed by atoms with Crippen molar-refractivity contribution in [1.29, 1.82) is 0 Å². The first-order valence-electron chi connectivity index (χ1n) is 10.6. The molecule has 172 valence electrons. The average Bonchev–Trinajstić information content (AvgIpc) is 3.12. The van der Waals surface area contributed by atoms with Crippen LogP contribution in [-0.2, 0) is 4.74 Å². The SMILES string of the molecule is CC.CCCC(C)(C)CNC(=O)OC(C)(C)C.CN.O=Cc1cc2ccccc2[nH]1. The molecule has 0 aliphatic carbocycles. The first-order valence-corrected chi connectivity index (χ1v) is 10.6. The van der Waals surface area contributed by atoms with E-state index in [4.69, 9.17) is 4.74 Å². The lowest BCUT2D eigenvalue weighted by Gasteiger charge is -2.26. The molecule has 1 aromatic carbocycles. The van der Waals surface area contributed by atoms with Gasteiger partial charge in [0.25, 0.3) is 0 Å². The van der Waals surface area contributed by atoms with Crippen LogP contribution in [0.4, 0.5) is 4.79 Å². The number of alkyl carbamates (subject to hydrolysis) is 1. The number of H-pyrrole nitrogens is 1. The van der Waals surface area contributed by atoms with Crippen molar-refractivity contribution in [3.05, 3.63) is 36.0 Å². The Bertz CT molecular complexity index is 683. The maximum absolute atomic E-state index is 11.4. The third-order valence-electron chi connectivity index (χ3n) is 3.71. The highest BCUT2D eigenvalue weighted by molar-refractivity contribution is 5.87. The van der Waals surface area contributed by atoms with E-state index in [0.717, 1.165) is 30.0 Å². The van der Waals surface area contributed by atoms with E-state index in [9.17, 15) is 9.59 Å². The zero-order valence-electron chi connectivity index (χ0n) is 20.4. The Labute approximate surface area is 183 Å². The van der Waals surface area contributed by atoms with Crippen LogP contribution in [0.5, 0.6) is 0 Å². The molecule has 0 radical (unpaired) electrons. The summed E-state index contributed by atoms with van der Waals surface area (Å²) < 4.78 is 5.16. The van der Waals surface area contributed by atoms with Gasteiger partial charge < -0.3 is 20.8 Å². The van der Waals surface area contributed by atoms with Gasteiger partial charge in [0.05, 0.1) is 5.69 Å². The van der Waals surface area contributed by atoms with Crippen molar-refractivity contribution in [2.24, 2.45) is 11.1 Å². The minimum Gasteiger partial charge on any atom is -0.444 e. The molecule has 0 aliphatic heterocycles. The van der Waals surface area contributed by atoms with E-state index in [0.29, 0.717) is 12.2 Å². The van der Waals surface area contributed by atoms with Gasteiger partial charge in [-0.15, -0.1) is 0 Å². The summed E-state index contributed by atoms with van der Waals surface area (Å²) in [6, 6.07) is 9.64. The number of carbonyl (C=O) groups excluding carboxylic acids is 2. The van der Waals surface area contributed by atoms with Crippen molar-refractivity contribution in [1.82, 2.24) is 10.3 Å². The Hall–Kier alpha value is -2.34. The summed E-state index contributed by atoms with van der Waals surface area (Å²) >= 11 is 0. The minimum absolute atomic E-state index is 0.144. The average molecular weight is 422 g/mol. The number of aromatic nitrogens is 1. The Morgan fingerprint density at radius 1 is 1.13 bits per heavy atom. The molecular weight excluding hydrogens is 378 g/mol. The van der Waals surface area contributed by atoms with Crippen LogP contribution in [0.1, 0.15) is 78.7 Å². The monoisotopic (exact) mass is 421 g/mol. The lowest BCUT2D eigenvalue weighted by molar-refractivity contribution is 0.0504. The Morgan fingerprint density at radius 3 is 2.17 bits per heavy atom. The van der Waals surface area contributed by atoms with Crippen molar-refractivity contribution in [3.8, 4) is 0 Å². The predicted octanol–water partition coefficient (Wildman–Crippen LogP) is 5.92. The fraction of sp³-hybridized carbons (Fsp3) is 0.583. The number of hydrogen-bond donors (Lipinski definition) is 3. The number of para-hydroxylation sites is 1. The highest BCUT2D eigenvalue weighted by atomic mass is 16.6. The number of amides is 1. The maximum Gasteiger partial charge on any atom is 0.407 e. The maximum atomic E-state index is 11.4. The van der Waals surface area contributed by atoms with Gasteiger partial charge in [-0.3, -0.25) is 4.79 Å². The summed E-state index contributed by atoms with van der Waals surface area (Å²) in [5, 5.41) is 3.88. The largest absolute Gasteiger partial charge is 0.444 e. The zero-order chi connectivity index (χ0) is 23.8. The molecule has 2 rings (SSSR count). The number of rotatable bonds is 5. The molecule has 0 saturated carbocycles. The second kappa shape index (κ2) is 15.5. The van der Waals surface area contributed by atoms with Crippen molar-refractivity contribution >= 4 is 23.3 Å². The molecule has 0 unspecified atom stereocenters. The standard InChI is InChI=1S/C12H25NO2.C9H7NO.C2H6.CH5N/c1-7-8-12(5,6)9-13-10(14)15-11(2,3)4;11-6-8-5-7-3-1-2-4-9(7)10-8;2*1-2/h7-9H2,1-6H3,(H,13,14);1-6,10H;1-2H3;2H2,1H3. The normalized spacial score (nSPS) is 10.3. The highest BCUT2D eigenvalue weighted by Crippen LogP contribution is 2.20. The van der Waals surface area contributed by atoms with Crippen molar-refractivity contribution in [2.75, 3.05) is 13.6 Å². The van der Waals surface area contributed by atoms with Gasteiger partial charge in [0, 0.05) is 17.4 Å². The summed E-state index contributed by atoms with van der Waals surface area (Å²) in [6.45, 7) is 16.7. The van der Waals surface area contributed by atoms with Crippen molar-refractivity contribution in [3.63, 3.8) is 0 Å². The fourth-order valence-corrected chi connectivity index (χ4v) is 2.55. The van der Waals surface area contributed by atoms with E-state index in [1.54, 1.807) is 0 Å². The van der Waals surface area contributed by atoms with Gasteiger partial charge in [-0.25, -0.2) is 4.79 Å². The van der Waals surface area contributed by atoms with Gasteiger partial charge in [0.2, 0.25) is 0 Å². The van der Waals surface area contributed by atoms with E-state index in [2.05, 4.69) is 36.8 Å². The van der Waals surface area contributed by atoms with Crippen molar-refractivity contribution in [2.45, 2.75) is 73.8 Å². The van der Waals surface area contributed by atoms with Gasteiger partial charge in [0.1, 0.15) is 5.60 Å². The first kappa shape index (κ1) is 29.9.